The predicted octanol–water partition coefficient (Wildman–Crippen LogP) is 1.58. The lowest BCUT2D eigenvalue weighted by Crippen LogP contribution is -2.37. The Labute approximate surface area is 132 Å². The molecular weight excluding hydrogens is 300 g/mol. The highest BCUT2D eigenvalue weighted by atomic mass is 32.1. The fourth-order valence-corrected chi connectivity index (χ4v) is 3.25. The molecule has 0 saturated heterocycles. The Balaban J connectivity index is 2.03. The first-order chi connectivity index (χ1) is 10.6. The summed E-state index contributed by atoms with van der Waals surface area (Å²) in [6, 6.07) is 2.14. The number of nitrogens with zero attached hydrogens (tertiary/aromatic N) is 3. The van der Waals surface area contributed by atoms with Crippen LogP contribution in [0.25, 0.3) is 10.2 Å². The van der Waals surface area contributed by atoms with Crippen molar-refractivity contribution < 1.29 is 4.79 Å². The van der Waals surface area contributed by atoms with Gasteiger partial charge < -0.3 is 10.2 Å². The van der Waals surface area contributed by atoms with E-state index in [4.69, 9.17) is 0 Å². The molecule has 6 nitrogen and oxygen atoms in total. The molecule has 7 heteroatoms. The van der Waals surface area contributed by atoms with Crippen LogP contribution in [0.1, 0.15) is 26.7 Å². The minimum absolute atomic E-state index is 0.0298. The number of hydrogen-bond donors (Lipinski definition) is 1. The molecule has 22 heavy (non-hydrogen) atoms. The number of carbonyl (C=O) groups excluding carboxylic acids is 1. The molecule has 1 aliphatic carbocycles. The molecule has 0 spiro atoms. The third-order valence-electron chi connectivity index (χ3n) is 3.84. The molecule has 0 radical (unpaired) electrons. The molecule has 1 saturated carbocycles. The Morgan fingerprint density at radius 1 is 1.45 bits per heavy atom. The van der Waals surface area contributed by atoms with Gasteiger partial charge in [0.15, 0.2) is 0 Å². The van der Waals surface area contributed by atoms with E-state index in [2.05, 4.69) is 10.3 Å². The number of anilines is 1. The summed E-state index contributed by atoms with van der Waals surface area (Å²) in [7, 11) is 0. The van der Waals surface area contributed by atoms with E-state index in [0.717, 1.165) is 25.9 Å². The van der Waals surface area contributed by atoms with Crippen LogP contribution in [-0.2, 0) is 11.3 Å². The monoisotopic (exact) mass is 320 g/mol. The van der Waals surface area contributed by atoms with Crippen molar-refractivity contribution in [2.75, 3.05) is 18.0 Å². The first kappa shape index (κ1) is 15.0. The summed E-state index contributed by atoms with van der Waals surface area (Å²) in [6.45, 7) is 5.54. The Hall–Kier alpha value is -1.89. The van der Waals surface area contributed by atoms with Gasteiger partial charge in [-0.25, -0.2) is 4.98 Å². The molecular formula is C15H20N4O2S. The molecule has 118 valence electrons. The second kappa shape index (κ2) is 6.08. The molecule has 3 rings (SSSR count). The Morgan fingerprint density at radius 3 is 2.82 bits per heavy atom. The van der Waals surface area contributed by atoms with Gasteiger partial charge in [-0.1, -0.05) is 0 Å². The van der Waals surface area contributed by atoms with Crippen LogP contribution >= 0.6 is 11.3 Å². The maximum Gasteiger partial charge on any atom is 0.273 e. The highest BCUT2D eigenvalue weighted by Gasteiger charge is 2.24. The molecule has 1 N–H and O–H groups in total. The van der Waals surface area contributed by atoms with Gasteiger partial charge in [0.05, 0.1) is 5.52 Å². The third kappa shape index (κ3) is 2.85. The lowest BCUT2D eigenvalue weighted by atomic mass is 10.4. The van der Waals surface area contributed by atoms with Crippen molar-refractivity contribution in [3.8, 4) is 0 Å². The maximum atomic E-state index is 12.7. The summed E-state index contributed by atoms with van der Waals surface area (Å²) < 4.78 is 2.11. The lowest BCUT2D eigenvalue weighted by Gasteiger charge is -2.23. The SMILES string of the molecule is CCN(CC)c1nc2ccsc2c(=O)n1CC(=O)NC1CC1. The molecule has 0 aromatic carbocycles. The number of nitrogens with one attached hydrogen (secondary N) is 1. The first-order valence-corrected chi connectivity index (χ1v) is 8.54. The molecule has 1 fully saturated rings. The summed E-state index contributed by atoms with van der Waals surface area (Å²) in [4.78, 5) is 31.4. The molecule has 1 amide bonds. The van der Waals surface area contributed by atoms with Crippen LogP contribution in [0, 0.1) is 0 Å². The summed E-state index contributed by atoms with van der Waals surface area (Å²) in [5.41, 5.74) is 0.573. The van der Waals surface area contributed by atoms with Crippen molar-refractivity contribution in [1.82, 2.24) is 14.9 Å². The highest BCUT2D eigenvalue weighted by molar-refractivity contribution is 7.17. The Kier molecular flexibility index (Phi) is 4.15. The minimum Gasteiger partial charge on any atom is -0.352 e. The lowest BCUT2D eigenvalue weighted by molar-refractivity contribution is -0.121. The van der Waals surface area contributed by atoms with E-state index in [9.17, 15) is 9.59 Å². The first-order valence-electron chi connectivity index (χ1n) is 7.66. The van der Waals surface area contributed by atoms with Gasteiger partial charge in [-0.2, -0.15) is 0 Å². The second-order valence-corrected chi connectivity index (χ2v) is 6.37. The fourth-order valence-electron chi connectivity index (χ4n) is 2.47. The number of thiophene rings is 1. The predicted molar refractivity (Wildman–Crippen MR) is 88.6 cm³/mol. The number of rotatable bonds is 6. The zero-order chi connectivity index (χ0) is 15.7. The molecule has 0 atom stereocenters. The molecule has 0 bridgehead atoms. The third-order valence-corrected chi connectivity index (χ3v) is 4.73. The van der Waals surface area contributed by atoms with Gasteiger partial charge in [0, 0.05) is 19.1 Å². The van der Waals surface area contributed by atoms with Crippen molar-refractivity contribution in [2.45, 2.75) is 39.3 Å². The summed E-state index contributed by atoms with van der Waals surface area (Å²) >= 11 is 1.37. The molecule has 2 aromatic heterocycles. The maximum absolute atomic E-state index is 12.7. The normalized spacial score (nSPS) is 14.3. The smallest absolute Gasteiger partial charge is 0.273 e. The Morgan fingerprint density at radius 2 is 2.18 bits per heavy atom. The topological polar surface area (TPSA) is 67.2 Å². The van der Waals surface area contributed by atoms with E-state index in [0.29, 0.717) is 22.2 Å². The fraction of sp³-hybridized carbons (Fsp3) is 0.533. The van der Waals surface area contributed by atoms with Crippen molar-refractivity contribution >= 4 is 33.4 Å². The minimum atomic E-state index is -0.132. The molecule has 0 aliphatic heterocycles. The van der Waals surface area contributed by atoms with Crippen LogP contribution in [0.2, 0.25) is 0 Å². The summed E-state index contributed by atoms with van der Waals surface area (Å²) in [5.74, 6) is 0.461. The number of aromatic nitrogens is 2. The zero-order valence-electron chi connectivity index (χ0n) is 12.8. The molecule has 0 unspecified atom stereocenters. The largest absolute Gasteiger partial charge is 0.352 e. The van der Waals surface area contributed by atoms with Gasteiger partial charge >= 0.3 is 0 Å². The van der Waals surface area contributed by atoms with Gasteiger partial charge in [-0.3, -0.25) is 14.2 Å². The average molecular weight is 320 g/mol. The quantitative estimate of drug-likeness (QED) is 0.877. The summed E-state index contributed by atoms with van der Waals surface area (Å²) in [6.07, 6.45) is 2.07. The van der Waals surface area contributed by atoms with Crippen LogP contribution in [0.5, 0.6) is 0 Å². The van der Waals surface area contributed by atoms with E-state index in [1.807, 2.05) is 30.2 Å². The van der Waals surface area contributed by atoms with Gasteiger partial charge in [0.25, 0.3) is 5.56 Å². The van der Waals surface area contributed by atoms with Gasteiger partial charge in [-0.15, -0.1) is 11.3 Å². The van der Waals surface area contributed by atoms with Gasteiger partial charge in [0.1, 0.15) is 11.2 Å². The van der Waals surface area contributed by atoms with Crippen LogP contribution in [-0.4, -0.2) is 34.6 Å². The summed E-state index contributed by atoms with van der Waals surface area (Å²) in [5, 5.41) is 4.79. The van der Waals surface area contributed by atoms with Crippen LogP contribution in [0.15, 0.2) is 16.2 Å². The molecule has 2 heterocycles. The van der Waals surface area contributed by atoms with Crippen molar-refractivity contribution in [2.24, 2.45) is 0 Å². The Bertz CT molecular complexity index is 744. The number of carbonyl (C=O) groups is 1. The number of amides is 1. The van der Waals surface area contributed by atoms with Gasteiger partial charge in [-0.05, 0) is 38.1 Å². The highest BCUT2D eigenvalue weighted by Crippen LogP contribution is 2.20. The van der Waals surface area contributed by atoms with Crippen LogP contribution in [0.4, 0.5) is 5.95 Å². The van der Waals surface area contributed by atoms with Crippen LogP contribution in [0.3, 0.4) is 0 Å². The van der Waals surface area contributed by atoms with Crippen molar-refractivity contribution in [3.63, 3.8) is 0 Å². The number of hydrogen-bond acceptors (Lipinski definition) is 5. The van der Waals surface area contributed by atoms with Crippen molar-refractivity contribution in [3.05, 3.63) is 21.8 Å². The molecule has 2 aromatic rings. The van der Waals surface area contributed by atoms with E-state index < -0.39 is 0 Å². The number of fused-ring (bicyclic) bond motifs is 1. The van der Waals surface area contributed by atoms with E-state index >= 15 is 0 Å². The van der Waals surface area contributed by atoms with E-state index in [-0.39, 0.29) is 18.0 Å². The van der Waals surface area contributed by atoms with Gasteiger partial charge in [0.2, 0.25) is 11.9 Å². The van der Waals surface area contributed by atoms with Crippen LogP contribution < -0.4 is 15.8 Å². The van der Waals surface area contributed by atoms with E-state index in [1.54, 1.807) is 0 Å². The average Bonchev–Trinajstić information content (AvgIpc) is 3.18. The standard InChI is InChI=1S/C15H20N4O2S/c1-3-18(4-2)15-17-11-7-8-22-13(11)14(21)19(15)9-12(20)16-10-5-6-10/h7-8,10H,3-6,9H2,1-2H3,(H,16,20). The zero-order valence-corrected chi connectivity index (χ0v) is 13.7. The van der Waals surface area contributed by atoms with Crippen molar-refractivity contribution in [1.29, 1.82) is 0 Å². The van der Waals surface area contributed by atoms with E-state index in [1.165, 1.54) is 15.9 Å². The second-order valence-electron chi connectivity index (χ2n) is 5.45. The molecule has 1 aliphatic rings.